The number of anilines is 1. The summed E-state index contributed by atoms with van der Waals surface area (Å²) in [4.78, 5) is 17.5. The van der Waals surface area contributed by atoms with Crippen molar-refractivity contribution in [2.75, 3.05) is 11.9 Å². The maximum atomic E-state index is 11.7. The molecule has 0 fully saturated rings. The molecule has 0 aromatic carbocycles. The van der Waals surface area contributed by atoms with Crippen molar-refractivity contribution in [3.05, 3.63) is 10.6 Å². The van der Waals surface area contributed by atoms with Gasteiger partial charge in [0.25, 0.3) is 0 Å². The number of amides is 1. The van der Waals surface area contributed by atoms with E-state index in [1.807, 2.05) is 20.8 Å². The average Bonchev–Trinajstić information content (AvgIpc) is 2.73. The van der Waals surface area contributed by atoms with Gasteiger partial charge in [0.05, 0.1) is 12.2 Å². The molecule has 5 heteroatoms. The van der Waals surface area contributed by atoms with Gasteiger partial charge >= 0.3 is 0 Å². The van der Waals surface area contributed by atoms with Gasteiger partial charge in [-0.25, -0.2) is 4.98 Å². The summed E-state index contributed by atoms with van der Waals surface area (Å²) in [5.41, 5.74) is 1.14. The second kappa shape index (κ2) is 4.74. The minimum absolute atomic E-state index is 0.0210. The third-order valence-corrected chi connectivity index (χ3v) is 3.69. The van der Waals surface area contributed by atoms with Crippen LogP contribution in [0.5, 0.6) is 0 Å². The number of carbonyl (C=O) groups is 1. The van der Waals surface area contributed by atoms with E-state index >= 15 is 0 Å². The predicted octanol–water partition coefficient (Wildman–Crippen LogP) is 1.96. The average molecular weight is 253 g/mol. The van der Waals surface area contributed by atoms with Crippen molar-refractivity contribution >= 4 is 22.4 Å². The Morgan fingerprint density at radius 3 is 2.82 bits per heavy atom. The van der Waals surface area contributed by atoms with Gasteiger partial charge in [0.1, 0.15) is 0 Å². The second-order valence-corrected chi connectivity index (χ2v) is 6.48. The van der Waals surface area contributed by atoms with Crippen LogP contribution in [0, 0.1) is 0 Å². The lowest BCUT2D eigenvalue weighted by Crippen LogP contribution is -2.41. The maximum Gasteiger partial charge on any atom is 0.240 e. The van der Waals surface area contributed by atoms with Gasteiger partial charge in [-0.1, -0.05) is 0 Å². The van der Waals surface area contributed by atoms with E-state index < -0.39 is 0 Å². The van der Waals surface area contributed by atoms with E-state index in [-0.39, 0.29) is 11.4 Å². The van der Waals surface area contributed by atoms with Gasteiger partial charge in [-0.05, 0) is 40.0 Å². The SMILES string of the molecule is CC(C)(C)NCC(=O)Nc1nc2c(s1)CCC2. The Balaban J connectivity index is 1.86. The first-order valence-electron chi connectivity index (χ1n) is 5.97. The molecule has 4 nitrogen and oxygen atoms in total. The number of hydrogen-bond acceptors (Lipinski definition) is 4. The largest absolute Gasteiger partial charge is 0.304 e. The summed E-state index contributed by atoms with van der Waals surface area (Å²) < 4.78 is 0. The highest BCUT2D eigenvalue weighted by atomic mass is 32.1. The van der Waals surface area contributed by atoms with Crippen LogP contribution in [0.3, 0.4) is 0 Å². The van der Waals surface area contributed by atoms with Crippen molar-refractivity contribution in [2.24, 2.45) is 0 Å². The summed E-state index contributed by atoms with van der Waals surface area (Å²) >= 11 is 1.61. The molecule has 1 amide bonds. The first-order valence-corrected chi connectivity index (χ1v) is 6.79. The van der Waals surface area contributed by atoms with Gasteiger partial charge < -0.3 is 10.6 Å². The lowest BCUT2D eigenvalue weighted by Gasteiger charge is -2.19. The van der Waals surface area contributed by atoms with Crippen molar-refractivity contribution in [1.82, 2.24) is 10.3 Å². The lowest BCUT2D eigenvalue weighted by atomic mass is 10.1. The Hall–Kier alpha value is -0.940. The lowest BCUT2D eigenvalue weighted by molar-refractivity contribution is -0.115. The smallest absolute Gasteiger partial charge is 0.240 e. The Bertz CT molecular complexity index is 398. The molecule has 94 valence electrons. The van der Waals surface area contributed by atoms with E-state index in [9.17, 15) is 4.79 Å². The molecule has 1 aliphatic rings. The summed E-state index contributed by atoms with van der Waals surface area (Å²) in [7, 11) is 0. The Kier molecular flexibility index (Phi) is 3.49. The first-order chi connectivity index (χ1) is 7.94. The third kappa shape index (κ3) is 3.51. The summed E-state index contributed by atoms with van der Waals surface area (Å²) in [5, 5.41) is 6.75. The first kappa shape index (κ1) is 12.5. The van der Waals surface area contributed by atoms with Crippen LogP contribution in [-0.2, 0) is 17.6 Å². The molecule has 0 radical (unpaired) electrons. The highest BCUT2D eigenvalue weighted by Crippen LogP contribution is 2.30. The predicted molar refractivity (Wildman–Crippen MR) is 70.5 cm³/mol. The standard InChI is InChI=1S/C12H19N3OS/c1-12(2,3)13-7-10(16)15-11-14-8-5-4-6-9(8)17-11/h13H,4-7H2,1-3H3,(H,14,15,16). The van der Waals surface area contributed by atoms with Gasteiger partial charge in [-0.2, -0.15) is 0 Å². The van der Waals surface area contributed by atoms with Crippen LogP contribution in [0.1, 0.15) is 37.8 Å². The Morgan fingerprint density at radius 2 is 2.18 bits per heavy atom. The number of thiazole rings is 1. The number of hydrogen-bond donors (Lipinski definition) is 2. The van der Waals surface area contributed by atoms with Gasteiger partial charge in [-0.3, -0.25) is 4.79 Å². The molecule has 1 aliphatic carbocycles. The summed E-state index contributed by atoms with van der Waals surface area (Å²) in [6.07, 6.45) is 3.37. The van der Waals surface area contributed by atoms with E-state index in [1.165, 1.54) is 17.0 Å². The molecule has 1 heterocycles. The molecule has 0 unspecified atom stereocenters. The van der Waals surface area contributed by atoms with E-state index in [4.69, 9.17) is 0 Å². The molecule has 0 spiro atoms. The van der Waals surface area contributed by atoms with Crippen LogP contribution < -0.4 is 10.6 Å². The molecule has 1 aromatic heterocycles. The molecular weight excluding hydrogens is 234 g/mol. The Labute approximate surface area is 106 Å². The third-order valence-electron chi connectivity index (χ3n) is 2.62. The molecule has 2 N–H and O–H groups in total. The van der Waals surface area contributed by atoms with Crippen molar-refractivity contribution < 1.29 is 4.79 Å². The minimum Gasteiger partial charge on any atom is -0.304 e. The molecular formula is C12H19N3OS. The molecule has 2 rings (SSSR count). The summed E-state index contributed by atoms with van der Waals surface area (Å²) in [5.74, 6) is -0.0210. The van der Waals surface area contributed by atoms with Crippen molar-refractivity contribution in [2.45, 2.75) is 45.6 Å². The van der Waals surface area contributed by atoms with Gasteiger partial charge in [0, 0.05) is 10.4 Å². The number of aryl methyl sites for hydroxylation is 2. The van der Waals surface area contributed by atoms with Crippen molar-refractivity contribution in [3.8, 4) is 0 Å². The topological polar surface area (TPSA) is 54.0 Å². The zero-order valence-corrected chi connectivity index (χ0v) is 11.4. The van der Waals surface area contributed by atoms with Gasteiger partial charge in [-0.15, -0.1) is 11.3 Å². The normalized spacial score (nSPS) is 14.8. The molecule has 0 aliphatic heterocycles. The number of nitrogens with zero attached hydrogens (tertiary/aromatic N) is 1. The minimum atomic E-state index is -0.0397. The molecule has 0 bridgehead atoms. The zero-order chi connectivity index (χ0) is 12.5. The monoisotopic (exact) mass is 253 g/mol. The second-order valence-electron chi connectivity index (χ2n) is 5.39. The molecule has 0 saturated carbocycles. The van der Waals surface area contributed by atoms with E-state index in [0.29, 0.717) is 6.54 Å². The maximum absolute atomic E-state index is 11.7. The number of fused-ring (bicyclic) bond motifs is 1. The Morgan fingerprint density at radius 1 is 1.41 bits per heavy atom. The van der Waals surface area contributed by atoms with E-state index in [1.54, 1.807) is 11.3 Å². The highest BCUT2D eigenvalue weighted by molar-refractivity contribution is 7.15. The van der Waals surface area contributed by atoms with Crippen LogP contribution in [0.4, 0.5) is 5.13 Å². The fourth-order valence-electron chi connectivity index (χ4n) is 1.75. The number of aromatic nitrogens is 1. The molecule has 1 aromatic rings. The van der Waals surface area contributed by atoms with Gasteiger partial charge in [0.2, 0.25) is 5.91 Å². The number of rotatable bonds is 3. The van der Waals surface area contributed by atoms with Crippen LogP contribution in [-0.4, -0.2) is 23.0 Å². The van der Waals surface area contributed by atoms with Crippen molar-refractivity contribution in [3.63, 3.8) is 0 Å². The van der Waals surface area contributed by atoms with Crippen LogP contribution in [0.15, 0.2) is 0 Å². The molecule has 0 atom stereocenters. The number of nitrogens with one attached hydrogen (secondary N) is 2. The summed E-state index contributed by atoms with van der Waals surface area (Å²) in [6.45, 7) is 6.45. The molecule has 17 heavy (non-hydrogen) atoms. The fraction of sp³-hybridized carbons (Fsp3) is 0.667. The number of carbonyl (C=O) groups excluding carboxylic acids is 1. The quantitative estimate of drug-likeness (QED) is 0.866. The van der Waals surface area contributed by atoms with E-state index in [0.717, 1.165) is 18.0 Å². The van der Waals surface area contributed by atoms with Crippen LogP contribution in [0.2, 0.25) is 0 Å². The summed E-state index contributed by atoms with van der Waals surface area (Å²) in [6, 6.07) is 0. The van der Waals surface area contributed by atoms with Gasteiger partial charge in [0.15, 0.2) is 5.13 Å². The van der Waals surface area contributed by atoms with Crippen LogP contribution >= 0.6 is 11.3 Å². The highest BCUT2D eigenvalue weighted by Gasteiger charge is 2.18. The fourth-order valence-corrected chi connectivity index (χ4v) is 2.82. The van der Waals surface area contributed by atoms with Crippen LogP contribution in [0.25, 0.3) is 0 Å². The molecule has 0 saturated heterocycles. The van der Waals surface area contributed by atoms with E-state index in [2.05, 4.69) is 15.6 Å². The zero-order valence-electron chi connectivity index (χ0n) is 10.6. The van der Waals surface area contributed by atoms with Crippen molar-refractivity contribution in [1.29, 1.82) is 0 Å².